The second kappa shape index (κ2) is 4.37. The maximum Gasteiger partial charge on any atom is 0.130 e. The van der Waals surface area contributed by atoms with Crippen molar-refractivity contribution >= 4 is 28.8 Å². The van der Waals surface area contributed by atoms with Crippen molar-refractivity contribution in [1.29, 1.82) is 0 Å². The Morgan fingerprint density at radius 3 is 2.87 bits per heavy atom. The maximum atomic E-state index is 6.01. The van der Waals surface area contributed by atoms with Crippen LogP contribution >= 0.6 is 23.8 Å². The number of hydrogen-bond acceptors (Lipinski definition) is 2. The fourth-order valence-corrected chi connectivity index (χ4v) is 1.89. The van der Waals surface area contributed by atoms with Gasteiger partial charge in [0.15, 0.2) is 0 Å². The van der Waals surface area contributed by atoms with Gasteiger partial charge in [-0.1, -0.05) is 29.9 Å². The Balaban J connectivity index is 2.19. The van der Waals surface area contributed by atoms with Crippen molar-refractivity contribution in [2.45, 2.75) is 12.8 Å². The zero-order valence-corrected chi connectivity index (χ0v) is 9.77. The summed E-state index contributed by atoms with van der Waals surface area (Å²) < 4.78 is 5.65. The van der Waals surface area contributed by atoms with Crippen LogP contribution in [0.4, 0.5) is 0 Å². The van der Waals surface area contributed by atoms with Crippen molar-refractivity contribution in [3.8, 4) is 5.75 Å². The topological polar surface area (TPSA) is 35.2 Å². The summed E-state index contributed by atoms with van der Waals surface area (Å²) in [4.78, 5) is 0.284. The van der Waals surface area contributed by atoms with Crippen LogP contribution in [0.5, 0.6) is 5.75 Å². The molecule has 0 unspecified atom stereocenters. The van der Waals surface area contributed by atoms with E-state index in [0.717, 1.165) is 6.61 Å². The van der Waals surface area contributed by atoms with Gasteiger partial charge in [-0.05, 0) is 30.9 Å². The van der Waals surface area contributed by atoms with Crippen LogP contribution < -0.4 is 10.5 Å². The van der Waals surface area contributed by atoms with Crippen molar-refractivity contribution in [2.75, 3.05) is 6.61 Å². The molecule has 0 radical (unpaired) electrons. The van der Waals surface area contributed by atoms with Crippen LogP contribution in [0.3, 0.4) is 0 Å². The molecule has 0 spiro atoms. The molecule has 1 fully saturated rings. The van der Waals surface area contributed by atoms with Crippen molar-refractivity contribution in [2.24, 2.45) is 11.7 Å². The zero-order valence-electron chi connectivity index (χ0n) is 8.20. The van der Waals surface area contributed by atoms with E-state index in [2.05, 4.69) is 0 Å². The quantitative estimate of drug-likeness (QED) is 0.824. The lowest BCUT2D eigenvalue weighted by Crippen LogP contribution is -2.13. The lowest BCUT2D eigenvalue weighted by atomic mass is 10.2. The molecule has 1 aliphatic carbocycles. The monoisotopic (exact) mass is 241 g/mol. The third-order valence-electron chi connectivity index (χ3n) is 2.39. The standard InChI is InChI=1S/C11H12ClNOS/c12-8-2-1-3-9(10(8)11(13)15)14-6-7-4-5-7/h1-3,7H,4-6H2,(H2,13,15). The molecule has 2 rings (SSSR count). The minimum absolute atomic E-state index is 0.284. The molecule has 0 bridgehead atoms. The second-order valence-corrected chi connectivity index (χ2v) is 4.58. The molecule has 80 valence electrons. The second-order valence-electron chi connectivity index (χ2n) is 3.73. The highest BCUT2D eigenvalue weighted by Gasteiger charge is 2.22. The van der Waals surface area contributed by atoms with Crippen LogP contribution in [0.2, 0.25) is 5.02 Å². The molecule has 0 aliphatic heterocycles. The molecule has 1 saturated carbocycles. The first-order valence-corrected chi connectivity index (χ1v) is 5.68. The highest BCUT2D eigenvalue weighted by molar-refractivity contribution is 7.80. The van der Waals surface area contributed by atoms with Gasteiger partial charge in [-0.15, -0.1) is 0 Å². The van der Waals surface area contributed by atoms with E-state index < -0.39 is 0 Å². The van der Waals surface area contributed by atoms with Crippen LogP contribution in [-0.4, -0.2) is 11.6 Å². The minimum Gasteiger partial charge on any atom is -0.493 e. The largest absolute Gasteiger partial charge is 0.493 e. The van der Waals surface area contributed by atoms with Crippen molar-refractivity contribution < 1.29 is 4.74 Å². The van der Waals surface area contributed by atoms with E-state index in [0.29, 0.717) is 22.3 Å². The molecule has 15 heavy (non-hydrogen) atoms. The van der Waals surface area contributed by atoms with Crippen LogP contribution in [0.1, 0.15) is 18.4 Å². The van der Waals surface area contributed by atoms with E-state index >= 15 is 0 Å². The molecule has 2 N–H and O–H groups in total. The van der Waals surface area contributed by atoms with Gasteiger partial charge in [0.25, 0.3) is 0 Å². The SMILES string of the molecule is NC(=S)c1c(Cl)cccc1OCC1CC1. The van der Waals surface area contributed by atoms with Crippen molar-refractivity contribution in [1.82, 2.24) is 0 Å². The van der Waals surface area contributed by atoms with E-state index in [1.165, 1.54) is 12.8 Å². The molecule has 0 heterocycles. The number of ether oxygens (including phenoxy) is 1. The van der Waals surface area contributed by atoms with Gasteiger partial charge < -0.3 is 10.5 Å². The van der Waals surface area contributed by atoms with Gasteiger partial charge in [-0.2, -0.15) is 0 Å². The van der Waals surface area contributed by atoms with Gasteiger partial charge in [-0.25, -0.2) is 0 Å². The Morgan fingerprint density at radius 2 is 2.27 bits per heavy atom. The summed E-state index contributed by atoms with van der Waals surface area (Å²) >= 11 is 11.0. The smallest absolute Gasteiger partial charge is 0.130 e. The fraction of sp³-hybridized carbons (Fsp3) is 0.364. The van der Waals surface area contributed by atoms with Crippen LogP contribution in [-0.2, 0) is 0 Å². The zero-order chi connectivity index (χ0) is 10.8. The normalized spacial score (nSPS) is 15.0. The van der Waals surface area contributed by atoms with Crippen molar-refractivity contribution in [3.63, 3.8) is 0 Å². The van der Waals surface area contributed by atoms with E-state index in [1.54, 1.807) is 6.07 Å². The summed E-state index contributed by atoms with van der Waals surface area (Å²) in [5.41, 5.74) is 6.25. The van der Waals surface area contributed by atoms with E-state index in [9.17, 15) is 0 Å². The highest BCUT2D eigenvalue weighted by Crippen LogP contribution is 2.32. The molecule has 1 aromatic rings. The summed E-state index contributed by atoms with van der Waals surface area (Å²) in [6.45, 7) is 0.732. The molecule has 2 nitrogen and oxygen atoms in total. The third kappa shape index (κ3) is 2.61. The number of nitrogens with two attached hydrogens (primary N) is 1. The van der Waals surface area contributed by atoms with Gasteiger partial charge in [0, 0.05) is 0 Å². The van der Waals surface area contributed by atoms with Crippen LogP contribution in [0, 0.1) is 5.92 Å². The Hall–Kier alpha value is -0.800. The highest BCUT2D eigenvalue weighted by atomic mass is 35.5. The minimum atomic E-state index is 0.284. The van der Waals surface area contributed by atoms with Crippen LogP contribution in [0.15, 0.2) is 18.2 Å². The van der Waals surface area contributed by atoms with E-state index in [4.69, 9.17) is 34.3 Å². The molecule has 0 aromatic heterocycles. The summed E-state index contributed by atoms with van der Waals surface area (Å²) in [6.07, 6.45) is 2.51. The number of hydrogen-bond donors (Lipinski definition) is 1. The Kier molecular flexibility index (Phi) is 3.12. The number of thiocarbonyl (C=S) groups is 1. The summed E-state index contributed by atoms with van der Waals surface area (Å²) in [5, 5.41) is 0.552. The Bertz CT molecular complexity index is 390. The number of halogens is 1. The molecule has 1 aromatic carbocycles. The van der Waals surface area contributed by atoms with Gasteiger partial charge >= 0.3 is 0 Å². The molecular formula is C11H12ClNOS. The fourth-order valence-electron chi connectivity index (χ4n) is 1.36. The third-order valence-corrected chi connectivity index (χ3v) is 2.91. The van der Waals surface area contributed by atoms with Crippen molar-refractivity contribution in [3.05, 3.63) is 28.8 Å². The molecule has 1 aliphatic rings. The average molecular weight is 242 g/mol. The number of rotatable bonds is 4. The summed E-state index contributed by atoms with van der Waals surface area (Å²) in [6, 6.07) is 5.45. The van der Waals surface area contributed by atoms with E-state index in [-0.39, 0.29) is 4.99 Å². The van der Waals surface area contributed by atoms with Gasteiger partial charge in [-0.3, -0.25) is 0 Å². The average Bonchev–Trinajstić information content (AvgIpc) is 2.97. The molecule has 0 atom stereocenters. The molecule has 4 heteroatoms. The first kappa shape index (κ1) is 10.7. The Morgan fingerprint density at radius 1 is 1.53 bits per heavy atom. The first-order chi connectivity index (χ1) is 7.18. The first-order valence-electron chi connectivity index (χ1n) is 4.89. The predicted octanol–water partition coefficient (Wildman–Crippen LogP) is 2.76. The summed E-state index contributed by atoms with van der Waals surface area (Å²) in [5.74, 6) is 1.39. The van der Waals surface area contributed by atoms with Crippen LogP contribution in [0.25, 0.3) is 0 Å². The van der Waals surface area contributed by atoms with E-state index in [1.807, 2.05) is 12.1 Å². The molecular weight excluding hydrogens is 230 g/mol. The maximum absolute atomic E-state index is 6.01. The molecule has 0 amide bonds. The molecule has 0 saturated heterocycles. The Labute approximate surface area is 99.4 Å². The van der Waals surface area contributed by atoms with Gasteiger partial charge in [0.2, 0.25) is 0 Å². The lowest BCUT2D eigenvalue weighted by molar-refractivity contribution is 0.299. The lowest BCUT2D eigenvalue weighted by Gasteiger charge is -2.11. The number of benzene rings is 1. The van der Waals surface area contributed by atoms with Gasteiger partial charge in [0.05, 0.1) is 17.2 Å². The summed E-state index contributed by atoms with van der Waals surface area (Å²) in [7, 11) is 0. The van der Waals surface area contributed by atoms with Gasteiger partial charge in [0.1, 0.15) is 10.7 Å². The predicted molar refractivity (Wildman–Crippen MR) is 65.6 cm³/mol.